The van der Waals surface area contributed by atoms with Crippen molar-refractivity contribution in [3.05, 3.63) is 68.5 Å². The van der Waals surface area contributed by atoms with Gasteiger partial charge in [0.15, 0.2) is 11.5 Å². The van der Waals surface area contributed by atoms with Crippen molar-refractivity contribution >= 4 is 51.7 Å². The number of hydrogen-bond donors (Lipinski definition) is 1. The number of ether oxygens (including phenoxy) is 2. The molecule has 1 saturated heterocycles. The number of thioether (sulfide) groups is 1. The van der Waals surface area contributed by atoms with Crippen molar-refractivity contribution in [2.75, 3.05) is 18.7 Å². The summed E-state index contributed by atoms with van der Waals surface area (Å²) in [6.45, 7) is 5.05. The number of aromatic nitrogens is 2. The molecular weight excluding hydrogens is 472 g/mol. The van der Waals surface area contributed by atoms with Crippen LogP contribution in [0, 0.1) is 6.92 Å². The minimum atomic E-state index is -0.261. The van der Waals surface area contributed by atoms with Crippen molar-refractivity contribution in [1.82, 2.24) is 14.3 Å². The molecule has 2 aliphatic rings. The lowest BCUT2D eigenvalue weighted by Crippen LogP contribution is -2.28. The lowest BCUT2D eigenvalue weighted by atomic mass is 10.2. The van der Waals surface area contributed by atoms with E-state index in [4.69, 9.17) is 26.7 Å². The summed E-state index contributed by atoms with van der Waals surface area (Å²) in [6.07, 6.45) is 4.07. The Hall–Kier alpha value is -3.37. The predicted octanol–water partition coefficient (Wildman–Crippen LogP) is 3.95. The Labute approximate surface area is 205 Å². The maximum Gasteiger partial charge on any atom is 0.267 e. The van der Waals surface area contributed by atoms with Gasteiger partial charge in [0, 0.05) is 19.3 Å². The highest BCUT2D eigenvalue weighted by molar-refractivity contribution is 8.26. The highest BCUT2D eigenvalue weighted by Gasteiger charge is 2.32. The zero-order chi connectivity index (χ0) is 23.8. The molecule has 8 nitrogen and oxygen atoms in total. The molecule has 1 N–H and O–H groups in total. The molecule has 5 rings (SSSR count). The number of carbonyl (C=O) groups is 1. The lowest BCUT2D eigenvalue weighted by Gasteiger charge is -2.13. The minimum Gasteiger partial charge on any atom is -0.454 e. The average molecular weight is 495 g/mol. The van der Waals surface area contributed by atoms with Gasteiger partial charge in [-0.2, -0.15) is 0 Å². The molecular formula is C24H22N4O4S2. The first-order valence-corrected chi connectivity index (χ1v) is 12.1. The van der Waals surface area contributed by atoms with E-state index in [1.165, 1.54) is 16.2 Å². The number of nitrogens with one attached hydrogen (secondary N) is 1. The molecule has 1 fully saturated rings. The monoisotopic (exact) mass is 494 g/mol. The van der Waals surface area contributed by atoms with Crippen LogP contribution in [0.3, 0.4) is 0 Å². The molecule has 34 heavy (non-hydrogen) atoms. The van der Waals surface area contributed by atoms with Gasteiger partial charge in [0.25, 0.3) is 11.5 Å². The summed E-state index contributed by atoms with van der Waals surface area (Å²) in [6, 6.07) is 9.37. The van der Waals surface area contributed by atoms with Crippen LogP contribution in [0.15, 0.2) is 46.2 Å². The van der Waals surface area contributed by atoms with E-state index in [-0.39, 0.29) is 18.3 Å². The highest BCUT2D eigenvalue weighted by Crippen LogP contribution is 2.34. The summed E-state index contributed by atoms with van der Waals surface area (Å²) in [5.74, 6) is 1.60. The normalized spacial score (nSPS) is 16.2. The fraction of sp³-hybridized carbons (Fsp3) is 0.250. The quantitative estimate of drug-likeness (QED) is 0.407. The van der Waals surface area contributed by atoms with Crippen molar-refractivity contribution in [3.8, 4) is 11.5 Å². The Morgan fingerprint density at radius 2 is 2.06 bits per heavy atom. The Morgan fingerprint density at radius 1 is 1.24 bits per heavy atom. The molecule has 0 unspecified atom stereocenters. The van der Waals surface area contributed by atoms with Gasteiger partial charge >= 0.3 is 0 Å². The number of fused-ring (bicyclic) bond motifs is 2. The van der Waals surface area contributed by atoms with Crippen molar-refractivity contribution < 1.29 is 14.3 Å². The minimum absolute atomic E-state index is 0.188. The number of rotatable bonds is 6. The second-order valence-electron chi connectivity index (χ2n) is 7.94. The fourth-order valence-corrected chi connectivity index (χ4v) is 5.15. The number of benzene rings is 1. The molecule has 0 bridgehead atoms. The molecule has 0 saturated carbocycles. The van der Waals surface area contributed by atoms with Crippen LogP contribution < -0.4 is 20.3 Å². The first kappa shape index (κ1) is 22.4. The number of pyridine rings is 1. The van der Waals surface area contributed by atoms with Crippen molar-refractivity contribution in [1.29, 1.82) is 0 Å². The second-order valence-corrected chi connectivity index (χ2v) is 9.61. The zero-order valence-corrected chi connectivity index (χ0v) is 20.3. The zero-order valence-electron chi connectivity index (χ0n) is 18.7. The molecule has 0 atom stereocenters. The van der Waals surface area contributed by atoms with Gasteiger partial charge in [-0.1, -0.05) is 43.0 Å². The third-order valence-electron chi connectivity index (χ3n) is 5.58. The van der Waals surface area contributed by atoms with Gasteiger partial charge in [0.05, 0.1) is 10.5 Å². The van der Waals surface area contributed by atoms with E-state index in [9.17, 15) is 9.59 Å². The van der Waals surface area contributed by atoms with Gasteiger partial charge in [0.1, 0.15) is 15.8 Å². The first-order valence-electron chi connectivity index (χ1n) is 10.9. The van der Waals surface area contributed by atoms with Gasteiger partial charge in [0.2, 0.25) is 6.79 Å². The molecule has 2 aliphatic heterocycles. The number of amides is 1. The van der Waals surface area contributed by atoms with Gasteiger partial charge in [-0.05, 0) is 48.7 Å². The van der Waals surface area contributed by atoms with Crippen LogP contribution in [0.2, 0.25) is 0 Å². The SMILES string of the molecule is CCCN1C(=O)C(=Cc2c(NCc3ccc4c(c3)OCO4)nc3c(C)cccn3c2=O)SC1=S. The van der Waals surface area contributed by atoms with Crippen LogP contribution in [-0.2, 0) is 11.3 Å². The van der Waals surface area contributed by atoms with Crippen molar-refractivity contribution in [3.63, 3.8) is 0 Å². The molecule has 174 valence electrons. The number of nitrogens with zero attached hydrogens (tertiary/aromatic N) is 3. The standard InChI is InChI=1S/C24H22N4O4S2/c1-3-8-28-23(30)19(34-24(28)33)11-16-20(26-21-14(2)5-4-9-27(21)22(16)29)25-12-15-6-7-17-18(10-15)32-13-31-17/h4-7,9-11,25H,3,8,12-13H2,1-2H3. The number of thiocarbonyl (C=S) groups is 1. The lowest BCUT2D eigenvalue weighted by molar-refractivity contribution is -0.122. The highest BCUT2D eigenvalue weighted by atomic mass is 32.2. The Balaban J connectivity index is 1.55. The maximum absolute atomic E-state index is 13.5. The molecule has 1 aromatic carbocycles. The molecule has 10 heteroatoms. The average Bonchev–Trinajstić information content (AvgIpc) is 3.40. The number of hydrogen-bond acceptors (Lipinski definition) is 8. The van der Waals surface area contributed by atoms with Crippen LogP contribution in [-0.4, -0.2) is 37.8 Å². The molecule has 2 aromatic heterocycles. The topological polar surface area (TPSA) is 85.2 Å². The van der Waals surface area contributed by atoms with Crippen LogP contribution >= 0.6 is 24.0 Å². The van der Waals surface area contributed by atoms with Crippen LogP contribution in [0.5, 0.6) is 11.5 Å². The predicted molar refractivity (Wildman–Crippen MR) is 136 cm³/mol. The molecule has 0 spiro atoms. The van der Waals surface area contributed by atoms with Crippen LogP contribution in [0.1, 0.15) is 30.0 Å². The molecule has 0 radical (unpaired) electrons. The number of aryl methyl sites for hydroxylation is 1. The smallest absolute Gasteiger partial charge is 0.267 e. The molecule has 3 aromatic rings. The Kier molecular flexibility index (Phi) is 6.01. The van der Waals surface area contributed by atoms with Gasteiger partial charge in [-0.25, -0.2) is 4.98 Å². The van der Waals surface area contributed by atoms with Gasteiger partial charge in [-0.15, -0.1) is 0 Å². The van der Waals surface area contributed by atoms with E-state index < -0.39 is 0 Å². The largest absolute Gasteiger partial charge is 0.454 e. The molecule has 0 aliphatic carbocycles. The Bertz CT molecular complexity index is 1420. The van der Waals surface area contributed by atoms with Crippen LogP contribution in [0.4, 0.5) is 5.82 Å². The molecule has 4 heterocycles. The van der Waals surface area contributed by atoms with E-state index >= 15 is 0 Å². The fourth-order valence-electron chi connectivity index (χ4n) is 3.86. The summed E-state index contributed by atoms with van der Waals surface area (Å²) in [7, 11) is 0. The van der Waals surface area contributed by atoms with E-state index in [0.29, 0.717) is 50.8 Å². The van der Waals surface area contributed by atoms with Gasteiger partial charge < -0.3 is 14.8 Å². The summed E-state index contributed by atoms with van der Waals surface area (Å²) >= 11 is 6.59. The number of carbonyl (C=O) groups excluding carboxylic acids is 1. The number of anilines is 1. The second kappa shape index (κ2) is 9.11. The summed E-state index contributed by atoms with van der Waals surface area (Å²) in [5, 5.41) is 3.28. The third kappa shape index (κ3) is 4.03. The summed E-state index contributed by atoms with van der Waals surface area (Å²) in [4.78, 5) is 33.1. The van der Waals surface area contributed by atoms with Crippen molar-refractivity contribution in [2.45, 2.75) is 26.8 Å². The summed E-state index contributed by atoms with van der Waals surface area (Å²) < 4.78 is 12.8. The van der Waals surface area contributed by atoms with E-state index in [1.807, 2.05) is 38.1 Å². The maximum atomic E-state index is 13.5. The summed E-state index contributed by atoms with van der Waals surface area (Å²) in [5.41, 5.74) is 2.41. The van der Waals surface area contributed by atoms with E-state index in [2.05, 4.69) is 5.32 Å². The van der Waals surface area contributed by atoms with Gasteiger partial charge in [-0.3, -0.25) is 18.9 Å². The molecule has 1 amide bonds. The van der Waals surface area contributed by atoms with E-state index in [1.54, 1.807) is 23.2 Å². The first-order chi connectivity index (χ1) is 16.5. The van der Waals surface area contributed by atoms with Crippen LogP contribution in [0.25, 0.3) is 11.7 Å². The Morgan fingerprint density at radius 3 is 2.88 bits per heavy atom. The van der Waals surface area contributed by atoms with E-state index in [0.717, 1.165) is 17.5 Å². The third-order valence-corrected chi connectivity index (χ3v) is 6.96. The van der Waals surface area contributed by atoms with Crippen molar-refractivity contribution in [2.24, 2.45) is 0 Å².